The number of H-pyrrole nitrogens is 1. The van der Waals surface area contributed by atoms with E-state index in [4.69, 9.17) is 4.74 Å². The predicted octanol–water partition coefficient (Wildman–Crippen LogP) is 3.74. The molecule has 174 valence electrons. The second-order valence-corrected chi connectivity index (χ2v) is 8.53. The number of amides is 1. The van der Waals surface area contributed by atoms with Crippen molar-refractivity contribution in [3.8, 4) is 17.1 Å². The summed E-state index contributed by atoms with van der Waals surface area (Å²) in [6.45, 7) is 4.96. The van der Waals surface area contributed by atoms with Crippen LogP contribution < -0.4 is 5.32 Å². The van der Waals surface area contributed by atoms with Crippen molar-refractivity contribution in [2.24, 2.45) is 0 Å². The normalized spacial score (nSPS) is 14.4. The smallest absolute Gasteiger partial charge is 0.251 e. The van der Waals surface area contributed by atoms with E-state index in [1.165, 1.54) is 0 Å². The lowest BCUT2D eigenvalue weighted by Gasteiger charge is -2.26. The maximum atomic E-state index is 12.8. The Kier molecular flexibility index (Phi) is 6.56. The number of benzene rings is 2. The minimum Gasteiger partial charge on any atom is -0.494 e. The van der Waals surface area contributed by atoms with Gasteiger partial charge in [-0.1, -0.05) is 36.4 Å². The Balaban J connectivity index is 1.32. The van der Waals surface area contributed by atoms with E-state index in [0.717, 1.165) is 61.3 Å². The van der Waals surface area contributed by atoms with Gasteiger partial charge in [0.05, 0.1) is 24.5 Å². The Morgan fingerprint density at radius 2 is 1.88 bits per heavy atom. The Morgan fingerprint density at radius 3 is 2.65 bits per heavy atom. The Labute approximate surface area is 198 Å². The van der Waals surface area contributed by atoms with Crippen molar-refractivity contribution in [2.45, 2.75) is 13.0 Å². The summed E-state index contributed by atoms with van der Waals surface area (Å²) in [4.78, 5) is 22.8. The molecule has 0 aliphatic carbocycles. The number of aromatic amines is 1. The molecule has 0 unspecified atom stereocenters. The highest BCUT2D eigenvalue weighted by molar-refractivity contribution is 6.03. The van der Waals surface area contributed by atoms with E-state index in [2.05, 4.69) is 26.3 Å². The van der Waals surface area contributed by atoms with Crippen molar-refractivity contribution in [3.05, 3.63) is 83.6 Å². The van der Waals surface area contributed by atoms with E-state index in [1.54, 1.807) is 12.1 Å². The maximum Gasteiger partial charge on any atom is 0.251 e. The monoisotopic (exact) mass is 456 g/mol. The van der Waals surface area contributed by atoms with Crippen LogP contribution in [0.15, 0.2) is 66.9 Å². The summed E-state index contributed by atoms with van der Waals surface area (Å²) in [5.74, 6) is -0.116. The molecule has 2 aromatic heterocycles. The van der Waals surface area contributed by atoms with Crippen molar-refractivity contribution in [3.63, 3.8) is 0 Å². The van der Waals surface area contributed by atoms with Gasteiger partial charge in [0.15, 0.2) is 5.88 Å². The molecule has 0 saturated carbocycles. The summed E-state index contributed by atoms with van der Waals surface area (Å²) in [6, 6.07) is 19.1. The molecule has 1 aliphatic rings. The third-order valence-electron chi connectivity index (χ3n) is 6.24. The number of nitrogens with zero attached hydrogens (tertiary/aromatic N) is 2. The first kappa shape index (κ1) is 22.1. The molecular formula is C27H28N4O3. The van der Waals surface area contributed by atoms with Crippen LogP contribution in [0.1, 0.15) is 21.5 Å². The van der Waals surface area contributed by atoms with E-state index < -0.39 is 0 Å². The lowest BCUT2D eigenvalue weighted by atomic mass is 10.0. The van der Waals surface area contributed by atoms with Gasteiger partial charge >= 0.3 is 0 Å². The molecule has 34 heavy (non-hydrogen) atoms. The van der Waals surface area contributed by atoms with E-state index >= 15 is 0 Å². The summed E-state index contributed by atoms with van der Waals surface area (Å²) >= 11 is 0. The average Bonchev–Trinajstić information content (AvgIpc) is 3.22. The van der Waals surface area contributed by atoms with Crippen molar-refractivity contribution in [2.75, 3.05) is 32.8 Å². The molecule has 3 heterocycles. The predicted molar refractivity (Wildman–Crippen MR) is 132 cm³/mol. The summed E-state index contributed by atoms with van der Waals surface area (Å²) in [5, 5.41) is 14.3. The Bertz CT molecular complexity index is 1260. The number of carbonyl (C=O) groups excluding carboxylic acids is 1. The van der Waals surface area contributed by atoms with Gasteiger partial charge in [-0.25, -0.2) is 0 Å². The fourth-order valence-electron chi connectivity index (χ4n) is 4.29. The van der Waals surface area contributed by atoms with Gasteiger partial charge in [0.1, 0.15) is 0 Å². The standard InChI is InChI=1S/C27H28N4O3/c32-26(29-18-19-4-2-1-3-5-19)21-7-9-23-22(16-21)25(27(33)30-23)24-8-6-20(17-28-24)10-11-31-12-14-34-15-13-31/h1-9,16-17,30,33H,10-15,18H2,(H,29,32). The zero-order valence-electron chi connectivity index (χ0n) is 19.0. The molecule has 3 N–H and O–H groups in total. The quantitative estimate of drug-likeness (QED) is 0.394. The maximum absolute atomic E-state index is 12.8. The minimum atomic E-state index is -0.163. The molecule has 0 radical (unpaired) electrons. The van der Waals surface area contributed by atoms with Crippen LogP contribution in [-0.2, 0) is 17.7 Å². The van der Waals surface area contributed by atoms with E-state index in [9.17, 15) is 9.90 Å². The fraction of sp³-hybridized carbons (Fsp3) is 0.259. The summed E-state index contributed by atoms with van der Waals surface area (Å²) in [7, 11) is 0. The Hall–Kier alpha value is -3.68. The first-order chi connectivity index (χ1) is 16.7. The lowest BCUT2D eigenvalue weighted by molar-refractivity contribution is 0.0384. The second-order valence-electron chi connectivity index (χ2n) is 8.53. The second kappa shape index (κ2) is 10.1. The van der Waals surface area contributed by atoms with E-state index in [1.807, 2.05) is 48.7 Å². The molecule has 7 nitrogen and oxygen atoms in total. The summed E-state index contributed by atoms with van der Waals surface area (Å²) in [5.41, 5.74) is 4.75. The van der Waals surface area contributed by atoms with Gasteiger partial charge in [-0.2, -0.15) is 0 Å². The van der Waals surface area contributed by atoms with Crippen molar-refractivity contribution in [1.82, 2.24) is 20.2 Å². The first-order valence-corrected chi connectivity index (χ1v) is 11.6. The number of aromatic hydroxyl groups is 1. The topological polar surface area (TPSA) is 90.5 Å². The fourth-order valence-corrected chi connectivity index (χ4v) is 4.29. The number of carbonyl (C=O) groups is 1. The van der Waals surface area contributed by atoms with Crippen LogP contribution >= 0.6 is 0 Å². The summed E-state index contributed by atoms with van der Waals surface area (Å²) < 4.78 is 5.41. The van der Waals surface area contributed by atoms with Gasteiger partial charge in [-0.15, -0.1) is 0 Å². The highest BCUT2D eigenvalue weighted by Gasteiger charge is 2.17. The number of nitrogens with one attached hydrogen (secondary N) is 2. The molecule has 0 spiro atoms. The largest absolute Gasteiger partial charge is 0.494 e. The summed E-state index contributed by atoms with van der Waals surface area (Å²) in [6.07, 6.45) is 2.78. The van der Waals surface area contributed by atoms with Gasteiger partial charge in [-0.05, 0) is 41.8 Å². The highest BCUT2D eigenvalue weighted by atomic mass is 16.5. The molecule has 1 aliphatic heterocycles. The average molecular weight is 457 g/mol. The number of rotatable bonds is 7. The molecule has 1 fully saturated rings. The van der Waals surface area contributed by atoms with Crippen LogP contribution in [0.2, 0.25) is 0 Å². The molecule has 0 bridgehead atoms. The van der Waals surface area contributed by atoms with Gasteiger partial charge < -0.3 is 20.1 Å². The molecule has 1 amide bonds. The molecular weight excluding hydrogens is 428 g/mol. The van der Waals surface area contributed by atoms with Gasteiger partial charge in [0.25, 0.3) is 5.91 Å². The van der Waals surface area contributed by atoms with Gasteiger partial charge in [0.2, 0.25) is 0 Å². The van der Waals surface area contributed by atoms with Gasteiger partial charge in [0, 0.05) is 48.8 Å². The zero-order valence-corrected chi connectivity index (χ0v) is 19.0. The highest BCUT2D eigenvalue weighted by Crippen LogP contribution is 2.36. The van der Waals surface area contributed by atoms with E-state index in [0.29, 0.717) is 23.4 Å². The molecule has 1 saturated heterocycles. The van der Waals surface area contributed by atoms with Crippen LogP contribution in [0, 0.1) is 0 Å². The number of hydrogen-bond donors (Lipinski definition) is 3. The number of hydrogen-bond acceptors (Lipinski definition) is 5. The third-order valence-corrected chi connectivity index (χ3v) is 6.24. The lowest BCUT2D eigenvalue weighted by Crippen LogP contribution is -2.37. The van der Waals surface area contributed by atoms with Crippen LogP contribution in [0.25, 0.3) is 22.2 Å². The third kappa shape index (κ3) is 4.95. The number of fused-ring (bicyclic) bond motifs is 1. The van der Waals surface area contributed by atoms with Crippen molar-refractivity contribution in [1.29, 1.82) is 0 Å². The number of ether oxygens (including phenoxy) is 1. The van der Waals surface area contributed by atoms with Crippen molar-refractivity contribution >= 4 is 16.8 Å². The van der Waals surface area contributed by atoms with Crippen LogP contribution in [0.5, 0.6) is 5.88 Å². The van der Waals surface area contributed by atoms with Crippen LogP contribution in [-0.4, -0.2) is 58.7 Å². The number of morpholine rings is 1. The molecule has 4 aromatic rings. The molecule has 7 heteroatoms. The number of pyridine rings is 1. The molecule has 5 rings (SSSR count). The first-order valence-electron chi connectivity index (χ1n) is 11.6. The van der Waals surface area contributed by atoms with Gasteiger partial charge in [-0.3, -0.25) is 14.7 Å². The number of aromatic nitrogens is 2. The zero-order chi connectivity index (χ0) is 23.3. The van der Waals surface area contributed by atoms with E-state index in [-0.39, 0.29) is 11.8 Å². The Morgan fingerprint density at radius 1 is 1.06 bits per heavy atom. The molecule has 0 atom stereocenters. The SMILES string of the molecule is O=C(NCc1ccccc1)c1ccc2[nH]c(O)c(-c3ccc(CCN4CCOCC4)cn3)c2c1. The minimum absolute atomic E-state index is 0.0467. The van der Waals surface area contributed by atoms with Crippen LogP contribution in [0.4, 0.5) is 0 Å². The molecule has 2 aromatic carbocycles. The van der Waals surface area contributed by atoms with Crippen LogP contribution in [0.3, 0.4) is 0 Å². The van der Waals surface area contributed by atoms with Crippen molar-refractivity contribution < 1.29 is 14.6 Å².